The van der Waals surface area contributed by atoms with Crippen LogP contribution >= 0.6 is 0 Å². The molecule has 0 saturated heterocycles. The van der Waals surface area contributed by atoms with Gasteiger partial charge in [-0.2, -0.15) is 0 Å². The Morgan fingerprint density at radius 3 is 2.11 bits per heavy atom. The van der Waals surface area contributed by atoms with Crippen LogP contribution in [0.3, 0.4) is 0 Å². The van der Waals surface area contributed by atoms with E-state index in [1.54, 1.807) is 0 Å². The molecule has 1 aliphatic rings. The normalized spacial score (nSPS) is 13.1. The van der Waals surface area contributed by atoms with E-state index >= 15 is 0 Å². The van der Waals surface area contributed by atoms with Crippen molar-refractivity contribution in [2.75, 3.05) is 40.3 Å². The number of carbonyl (C=O) groups excluding carboxylic acids is 2. The Balaban J connectivity index is 1.68. The Labute approximate surface area is 206 Å². The molecular formula is C27H35N3O5. The molecule has 1 aliphatic carbocycles. The van der Waals surface area contributed by atoms with Crippen molar-refractivity contribution >= 4 is 18.0 Å². The van der Waals surface area contributed by atoms with Crippen LogP contribution in [0.25, 0.3) is 11.1 Å². The number of alkyl carbamates (subject to hydrolysis) is 1. The van der Waals surface area contributed by atoms with Crippen LogP contribution in [0.2, 0.25) is 0 Å². The third-order valence-electron chi connectivity index (χ3n) is 6.20. The molecule has 35 heavy (non-hydrogen) atoms. The summed E-state index contributed by atoms with van der Waals surface area (Å²) in [7, 11) is 3.78. The van der Waals surface area contributed by atoms with Crippen LogP contribution in [0.5, 0.6) is 0 Å². The van der Waals surface area contributed by atoms with E-state index in [2.05, 4.69) is 29.6 Å². The number of benzene rings is 2. The van der Waals surface area contributed by atoms with Crippen molar-refractivity contribution in [2.45, 2.75) is 38.1 Å². The van der Waals surface area contributed by atoms with Gasteiger partial charge < -0.3 is 25.0 Å². The van der Waals surface area contributed by atoms with Crippen LogP contribution in [-0.4, -0.2) is 79.3 Å². The lowest BCUT2D eigenvalue weighted by molar-refractivity contribution is -0.139. The quantitative estimate of drug-likeness (QED) is 0.481. The fraction of sp³-hybridized carbons (Fsp3) is 0.444. The SMILES string of the molecule is CCCN(CCC(=O)O)C(=O)C(CCN(C)C)NC(=O)OCC1c2ccccc2-c2ccccc21. The van der Waals surface area contributed by atoms with E-state index in [9.17, 15) is 14.4 Å². The lowest BCUT2D eigenvalue weighted by atomic mass is 9.98. The van der Waals surface area contributed by atoms with Gasteiger partial charge >= 0.3 is 12.1 Å². The van der Waals surface area contributed by atoms with E-state index in [-0.39, 0.29) is 31.4 Å². The highest BCUT2D eigenvalue weighted by atomic mass is 16.5. The summed E-state index contributed by atoms with van der Waals surface area (Å²) < 4.78 is 5.64. The third kappa shape index (κ3) is 6.82. The minimum absolute atomic E-state index is 0.0729. The van der Waals surface area contributed by atoms with Gasteiger partial charge in [-0.25, -0.2) is 4.79 Å². The van der Waals surface area contributed by atoms with Crippen molar-refractivity contribution in [1.29, 1.82) is 0 Å². The van der Waals surface area contributed by atoms with Crippen LogP contribution in [0, 0.1) is 0 Å². The van der Waals surface area contributed by atoms with Gasteiger partial charge in [-0.15, -0.1) is 0 Å². The average molecular weight is 482 g/mol. The highest BCUT2D eigenvalue weighted by Gasteiger charge is 2.30. The number of hydrogen-bond acceptors (Lipinski definition) is 5. The first kappa shape index (κ1) is 26.2. The Morgan fingerprint density at radius 1 is 0.971 bits per heavy atom. The van der Waals surface area contributed by atoms with Crippen molar-refractivity contribution in [3.8, 4) is 11.1 Å². The molecule has 1 atom stereocenters. The molecule has 2 N–H and O–H groups in total. The van der Waals surface area contributed by atoms with Gasteiger partial charge in [0.25, 0.3) is 0 Å². The van der Waals surface area contributed by atoms with Gasteiger partial charge in [0.05, 0.1) is 6.42 Å². The summed E-state index contributed by atoms with van der Waals surface area (Å²) in [6, 6.07) is 15.4. The number of ether oxygens (including phenoxy) is 1. The zero-order valence-corrected chi connectivity index (χ0v) is 20.7. The van der Waals surface area contributed by atoms with Gasteiger partial charge in [0.1, 0.15) is 12.6 Å². The minimum atomic E-state index is -0.965. The first-order valence-electron chi connectivity index (χ1n) is 12.1. The van der Waals surface area contributed by atoms with E-state index in [0.717, 1.165) is 22.3 Å². The molecular weight excluding hydrogens is 446 g/mol. The Bertz CT molecular complexity index is 993. The number of nitrogens with zero attached hydrogens (tertiary/aromatic N) is 2. The molecule has 2 aromatic carbocycles. The number of fused-ring (bicyclic) bond motifs is 3. The first-order chi connectivity index (χ1) is 16.8. The van der Waals surface area contributed by atoms with E-state index in [4.69, 9.17) is 9.84 Å². The van der Waals surface area contributed by atoms with E-state index in [1.807, 2.05) is 50.2 Å². The molecule has 2 amide bonds. The highest BCUT2D eigenvalue weighted by molar-refractivity contribution is 5.86. The highest BCUT2D eigenvalue weighted by Crippen LogP contribution is 2.44. The molecule has 0 aromatic heterocycles. The fourth-order valence-corrected chi connectivity index (χ4v) is 4.48. The van der Waals surface area contributed by atoms with Gasteiger partial charge in [0.15, 0.2) is 0 Å². The van der Waals surface area contributed by atoms with E-state index < -0.39 is 18.1 Å². The number of rotatable bonds is 12. The monoisotopic (exact) mass is 481 g/mol. The second kappa shape index (κ2) is 12.4. The average Bonchev–Trinajstić information content (AvgIpc) is 3.16. The molecule has 0 radical (unpaired) electrons. The topological polar surface area (TPSA) is 99.2 Å². The van der Waals surface area contributed by atoms with E-state index in [1.165, 1.54) is 4.90 Å². The van der Waals surface area contributed by atoms with Crippen molar-refractivity contribution in [3.05, 3.63) is 59.7 Å². The lowest BCUT2D eigenvalue weighted by Crippen LogP contribution is -2.50. The Kier molecular flexibility index (Phi) is 9.25. The zero-order valence-electron chi connectivity index (χ0n) is 20.7. The van der Waals surface area contributed by atoms with Crippen molar-refractivity contribution in [2.24, 2.45) is 0 Å². The molecule has 0 spiro atoms. The maximum atomic E-state index is 13.2. The fourth-order valence-electron chi connectivity index (χ4n) is 4.48. The molecule has 2 aromatic rings. The van der Waals surface area contributed by atoms with Gasteiger partial charge in [-0.05, 0) is 55.7 Å². The molecule has 0 fully saturated rings. The number of hydrogen-bond donors (Lipinski definition) is 2. The third-order valence-corrected chi connectivity index (χ3v) is 6.20. The van der Waals surface area contributed by atoms with Gasteiger partial charge in [-0.3, -0.25) is 9.59 Å². The smallest absolute Gasteiger partial charge is 0.407 e. The predicted octanol–water partition coefficient (Wildman–Crippen LogP) is 3.56. The second-order valence-corrected chi connectivity index (χ2v) is 9.08. The Hall–Kier alpha value is -3.39. The van der Waals surface area contributed by atoms with Crippen LogP contribution in [-0.2, 0) is 14.3 Å². The van der Waals surface area contributed by atoms with Crippen LogP contribution < -0.4 is 5.32 Å². The summed E-state index contributed by atoms with van der Waals surface area (Å²) in [5.41, 5.74) is 4.52. The number of nitrogens with one attached hydrogen (secondary N) is 1. The summed E-state index contributed by atoms with van der Waals surface area (Å²) in [5, 5.41) is 11.8. The van der Waals surface area contributed by atoms with Crippen molar-refractivity contribution < 1.29 is 24.2 Å². The van der Waals surface area contributed by atoms with Crippen molar-refractivity contribution in [3.63, 3.8) is 0 Å². The minimum Gasteiger partial charge on any atom is -0.481 e. The summed E-state index contributed by atoms with van der Waals surface area (Å²) in [4.78, 5) is 40.5. The molecule has 0 saturated carbocycles. The van der Waals surface area contributed by atoms with Gasteiger partial charge in [0.2, 0.25) is 5.91 Å². The largest absolute Gasteiger partial charge is 0.481 e. The zero-order chi connectivity index (χ0) is 25.4. The number of carboxylic acids is 1. The maximum Gasteiger partial charge on any atom is 0.407 e. The summed E-state index contributed by atoms with van der Waals surface area (Å²) in [6.45, 7) is 3.20. The standard InChI is InChI=1S/C27H35N3O5/c1-4-15-30(17-14-25(31)32)26(33)24(13-16-29(2)3)28-27(34)35-18-23-21-11-7-5-9-19(21)20-10-6-8-12-22(20)23/h5-12,23-24H,4,13-18H2,1-3H3,(H,28,34)(H,31,32). The summed E-state index contributed by atoms with van der Waals surface area (Å²) in [6.07, 6.45) is 0.288. The molecule has 3 rings (SSSR count). The van der Waals surface area contributed by atoms with Crippen LogP contribution in [0.1, 0.15) is 43.2 Å². The lowest BCUT2D eigenvalue weighted by Gasteiger charge is -2.28. The molecule has 0 bridgehead atoms. The molecule has 8 heteroatoms. The molecule has 0 heterocycles. The maximum absolute atomic E-state index is 13.2. The molecule has 1 unspecified atom stereocenters. The van der Waals surface area contributed by atoms with Gasteiger partial charge in [0, 0.05) is 19.0 Å². The predicted molar refractivity (Wildman–Crippen MR) is 134 cm³/mol. The van der Waals surface area contributed by atoms with Crippen LogP contribution in [0.15, 0.2) is 48.5 Å². The molecule has 0 aliphatic heterocycles. The van der Waals surface area contributed by atoms with Crippen molar-refractivity contribution in [1.82, 2.24) is 15.1 Å². The van der Waals surface area contributed by atoms with E-state index in [0.29, 0.717) is 25.9 Å². The number of carbonyl (C=O) groups is 3. The summed E-state index contributed by atoms with van der Waals surface area (Å²) in [5.74, 6) is -1.33. The number of aliphatic carboxylic acids is 1. The Morgan fingerprint density at radius 2 is 1.57 bits per heavy atom. The molecule has 188 valence electrons. The molecule has 8 nitrogen and oxygen atoms in total. The van der Waals surface area contributed by atoms with Gasteiger partial charge in [-0.1, -0.05) is 55.5 Å². The number of carboxylic acid groups (broad SMARTS) is 1. The first-order valence-corrected chi connectivity index (χ1v) is 12.1. The van der Waals surface area contributed by atoms with Crippen LogP contribution in [0.4, 0.5) is 4.79 Å². The number of amides is 2. The summed E-state index contributed by atoms with van der Waals surface area (Å²) >= 11 is 0. The second-order valence-electron chi connectivity index (χ2n) is 9.08.